The Morgan fingerprint density at radius 2 is 1.49 bits per heavy atom. The number of carbonyl (C=O) groups is 6. The number of quaternary nitrogens is 1. The van der Waals surface area contributed by atoms with Gasteiger partial charge in [0.2, 0.25) is 11.8 Å². The predicted octanol–water partition coefficient (Wildman–Crippen LogP) is -2.37. The van der Waals surface area contributed by atoms with Gasteiger partial charge in [-0.3, -0.25) is 19.2 Å². The third-order valence-corrected chi connectivity index (χ3v) is 5.12. The number of halogens is 3. The summed E-state index contributed by atoms with van der Waals surface area (Å²) < 4.78 is 31.5. The highest BCUT2D eigenvalue weighted by atomic mass is 32.1. The minimum Gasteiger partial charge on any atom is -0.542 e. The zero-order valence-corrected chi connectivity index (χ0v) is 19.6. The van der Waals surface area contributed by atoms with Crippen LogP contribution >= 0.6 is 12.6 Å². The number of carbonyl (C=O) groups excluding carboxylic acids is 3. The van der Waals surface area contributed by atoms with Crippen LogP contribution in [-0.2, 0) is 28.8 Å². The van der Waals surface area contributed by atoms with Gasteiger partial charge in [0.05, 0.1) is 12.8 Å². The Hall–Kier alpha value is -3.08. The van der Waals surface area contributed by atoms with Gasteiger partial charge in [-0.1, -0.05) is 20.3 Å². The van der Waals surface area contributed by atoms with Gasteiger partial charge in [-0.15, -0.1) is 0 Å². The van der Waals surface area contributed by atoms with Crippen molar-refractivity contribution in [3.05, 3.63) is 0 Å². The van der Waals surface area contributed by atoms with Crippen LogP contribution in [-0.4, -0.2) is 80.6 Å². The number of carboxylic acids is 4. The molecule has 0 radical (unpaired) electrons. The third kappa shape index (κ3) is 14.7. The highest BCUT2D eigenvalue weighted by molar-refractivity contribution is 7.81. The topological polar surface area (TPSA) is 238 Å². The Labute approximate surface area is 202 Å². The predicted molar refractivity (Wildman–Crippen MR) is 111 cm³/mol. The molecule has 0 bridgehead atoms. The fourth-order valence-corrected chi connectivity index (χ4v) is 2.48. The molecule has 0 unspecified atom stereocenters. The van der Waals surface area contributed by atoms with Gasteiger partial charge in [0.25, 0.3) is 0 Å². The summed E-state index contributed by atoms with van der Waals surface area (Å²) in [5, 5.41) is 38.9. The second kappa shape index (κ2) is 15.8. The van der Waals surface area contributed by atoms with E-state index in [2.05, 4.69) is 29.0 Å². The van der Waals surface area contributed by atoms with Crippen molar-refractivity contribution in [2.24, 2.45) is 5.92 Å². The summed E-state index contributed by atoms with van der Waals surface area (Å²) in [6, 6.07) is -3.38. The van der Waals surface area contributed by atoms with Crippen molar-refractivity contribution < 1.29 is 68.1 Å². The summed E-state index contributed by atoms with van der Waals surface area (Å²) >= 11 is 4.14. The van der Waals surface area contributed by atoms with Gasteiger partial charge in [-0.05, 0) is 5.92 Å². The van der Waals surface area contributed by atoms with E-state index in [0.29, 0.717) is 6.42 Å². The quantitative estimate of drug-likeness (QED) is 0.124. The maximum atomic E-state index is 12.5. The summed E-state index contributed by atoms with van der Waals surface area (Å²) in [7, 11) is 0. The second-order valence-corrected chi connectivity index (χ2v) is 7.85. The first-order valence-electron chi connectivity index (χ1n) is 9.91. The maximum absolute atomic E-state index is 12.5. The second-order valence-electron chi connectivity index (χ2n) is 7.29. The van der Waals surface area contributed by atoms with E-state index in [1.165, 1.54) is 0 Å². The number of nitrogens with one attached hydrogen (secondary N) is 2. The van der Waals surface area contributed by atoms with Crippen LogP contribution in [0.5, 0.6) is 0 Å². The van der Waals surface area contributed by atoms with E-state index in [-0.39, 0.29) is 18.8 Å². The summed E-state index contributed by atoms with van der Waals surface area (Å²) in [4.78, 5) is 66.2. The van der Waals surface area contributed by atoms with E-state index < -0.39 is 71.7 Å². The largest absolute Gasteiger partial charge is 0.542 e. The van der Waals surface area contributed by atoms with Crippen molar-refractivity contribution in [3.8, 4) is 0 Å². The van der Waals surface area contributed by atoms with E-state index in [9.17, 15) is 37.1 Å². The van der Waals surface area contributed by atoms with E-state index >= 15 is 0 Å². The molecular formula is C18H28F3N3O10S. The first kappa shape index (κ1) is 34.1. The number of hydrogen-bond acceptors (Lipinski definition) is 8. The van der Waals surface area contributed by atoms with Crippen molar-refractivity contribution in [1.82, 2.24) is 10.6 Å². The van der Waals surface area contributed by atoms with Crippen LogP contribution in [0.15, 0.2) is 0 Å². The zero-order valence-electron chi connectivity index (χ0n) is 18.7. The number of alkyl halides is 3. The molecule has 5 atom stereocenters. The van der Waals surface area contributed by atoms with Crippen molar-refractivity contribution >= 4 is 48.3 Å². The molecule has 0 aromatic heterocycles. The van der Waals surface area contributed by atoms with E-state index in [1.54, 1.807) is 13.8 Å². The van der Waals surface area contributed by atoms with E-state index in [0.717, 1.165) is 0 Å². The van der Waals surface area contributed by atoms with Crippen LogP contribution in [0.25, 0.3) is 0 Å². The van der Waals surface area contributed by atoms with Crippen LogP contribution in [0.3, 0.4) is 0 Å². The van der Waals surface area contributed by atoms with Crippen molar-refractivity contribution in [2.75, 3.05) is 0 Å². The minimum absolute atomic E-state index is 0.108. The fourth-order valence-electron chi connectivity index (χ4n) is 2.26. The molecular weight excluding hydrogens is 507 g/mol. The molecule has 0 spiro atoms. The number of aliphatic carboxylic acids is 4. The number of carboxylic acid groups (broad SMARTS) is 4. The summed E-state index contributed by atoms with van der Waals surface area (Å²) in [5.74, 6) is -8.82. The van der Waals surface area contributed by atoms with Crippen LogP contribution in [0.1, 0.15) is 39.5 Å². The maximum Gasteiger partial charge on any atom is 0.430 e. The standard InChI is InChI=1S/C16H27N3O8S.C2HF3O2/c1-3-7(2)12(14(24)18-9(16(26)27)6-11(22)23)19-15(25)13(28)8(17)4-5-10(20)21;3-2(4,5)1(6)7/h7-9,12-13,28H,3-6,17H2,1-2H3,(H,18,24)(H,19,25)(H,20,21)(H,22,23)(H,26,27);(H,6,7)/t7-,8-,9-,12-,13+;/m0./s1. The van der Waals surface area contributed by atoms with E-state index in [1.807, 2.05) is 0 Å². The van der Waals surface area contributed by atoms with Gasteiger partial charge in [-0.2, -0.15) is 25.8 Å². The molecule has 0 saturated heterocycles. The lowest BCUT2D eigenvalue weighted by Gasteiger charge is -2.26. The Morgan fingerprint density at radius 3 is 1.83 bits per heavy atom. The molecule has 0 aliphatic heterocycles. The molecule has 0 rings (SSSR count). The summed E-state index contributed by atoms with van der Waals surface area (Å²) in [5.41, 5.74) is 3.71. The first-order chi connectivity index (χ1) is 15.8. The highest BCUT2D eigenvalue weighted by Crippen LogP contribution is 2.12. The van der Waals surface area contributed by atoms with Crippen molar-refractivity contribution in [2.45, 2.75) is 69.1 Å². The van der Waals surface area contributed by atoms with Gasteiger partial charge in [0.15, 0.2) is 0 Å². The Bertz CT molecular complexity index is 781. The zero-order chi connectivity index (χ0) is 28.1. The third-order valence-electron chi connectivity index (χ3n) is 4.46. The van der Waals surface area contributed by atoms with Gasteiger partial charge < -0.3 is 41.6 Å². The molecule has 13 nitrogen and oxygen atoms in total. The normalized spacial score (nSPS) is 15.2. The SMILES string of the molecule is CC[C@H](C)[C@H](NC(=O)[C@H](S)[C@@H]([NH3+])CCC(=O)O)C(=O)N[C@@H](CC(=O)O)C(=O)O.O=C([O-])C(F)(F)F. The minimum atomic E-state index is -5.19. The first-order valence-corrected chi connectivity index (χ1v) is 10.4. The molecule has 35 heavy (non-hydrogen) atoms. The number of amides is 2. The van der Waals surface area contributed by atoms with Gasteiger partial charge >= 0.3 is 24.1 Å². The molecule has 0 saturated carbocycles. The Balaban J connectivity index is 0. The number of hydrogen-bond donors (Lipinski definition) is 7. The molecule has 0 aromatic rings. The summed E-state index contributed by atoms with van der Waals surface area (Å²) in [6.07, 6.45) is -5.62. The smallest absolute Gasteiger partial charge is 0.430 e. The average Bonchev–Trinajstić information content (AvgIpc) is 2.73. The van der Waals surface area contributed by atoms with Crippen LogP contribution in [0, 0.1) is 5.92 Å². The molecule has 0 aliphatic carbocycles. The number of thiol groups is 1. The van der Waals surface area contributed by atoms with Crippen molar-refractivity contribution in [3.63, 3.8) is 0 Å². The summed E-state index contributed by atoms with van der Waals surface area (Å²) in [6.45, 7) is 3.43. The van der Waals surface area contributed by atoms with Crippen LogP contribution in [0.2, 0.25) is 0 Å². The Kier molecular flexibility index (Phi) is 15.3. The molecule has 17 heteroatoms. The fraction of sp³-hybridized carbons (Fsp3) is 0.667. The molecule has 0 fully saturated rings. The molecule has 2 amide bonds. The molecule has 8 N–H and O–H groups in total. The molecule has 202 valence electrons. The lowest BCUT2D eigenvalue weighted by molar-refractivity contribution is -0.417. The van der Waals surface area contributed by atoms with Crippen LogP contribution in [0.4, 0.5) is 13.2 Å². The van der Waals surface area contributed by atoms with Crippen LogP contribution < -0.4 is 21.5 Å². The molecule has 0 aromatic carbocycles. The van der Waals surface area contributed by atoms with E-state index in [4.69, 9.17) is 25.2 Å². The Morgan fingerprint density at radius 1 is 1.00 bits per heavy atom. The lowest BCUT2D eigenvalue weighted by atomic mass is 9.97. The van der Waals surface area contributed by atoms with Gasteiger partial charge in [-0.25, -0.2) is 4.79 Å². The number of rotatable bonds is 13. The molecule has 0 aliphatic rings. The highest BCUT2D eigenvalue weighted by Gasteiger charge is 2.34. The van der Waals surface area contributed by atoms with Crippen molar-refractivity contribution in [1.29, 1.82) is 0 Å². The molecule has 0 heterocycles. The average molecular weight is 535 g/mol. The van der Waals surface area contributed by atoms with Gasteiger partial charge in [0, 0.05) is 6.42 Å². The monoisotopic (exact) mass is 535 g/mol. The lowest BCUT2D eigenvalue weighted by Crippen LogP contribution is -2.68. The van der Waals surface area contributed by atoms with Gasteiger partial charge in [0.1, 0.15) is 29.3 Å².